The summed E-state index contributed by atoms with van der Waals surface area (Å²) in [5, 5.41) is 31.8. The van der Waals surface area contributed by atoms with Crippen LogP contribution in [-0.4, -0.2) is 39.5 Å². The number of rotatable bonds is 3. The Hall–Kier alpha value is -3.16. The van der Waals surface area contributed by atoms with Gasteiger partial charge >= 0.3 is 12.4 Å². The molecule has 2 aliphatic heterocycles. The molecule has 0 aromatic heterocycles. The van der Waals surface area contributed by atoms with Crippen molar-refractivity contribution in [3.63, 3.8) is 0 Å². The van der Waals surface area contributed by atoms with Gasteiger partial charge in [0.15, 0.2) is 5.79 Å². The lowest BCUT2D eigenvalue weighted by molar-refractivity contribution is -0.274. The number of nitrogens with zero attached hydrogens (tertiary/aromatic N) is 1. The monoisotopic (exact) mass is 573 g/mol. The minimum Gasteiger partial charge on any atom is -0.507 e. The highest BCUT2D eigenvalue weighted by atomic mass is 19.4. The van der Waals surface area contributed by atoms with Crippen molar-refractivity contribution < 1.29 is 56.0 Å². The predicted octanol–water partition coefficient (Wildman–Crippen LogP) is 4.63. The lowest BCUT2D eigenvalue weighted by atomic mass is 9.64. The zero-order valence-electron chi connectivity index (χ0n) is 21.2. The van der Waals surface area contributed by atoms with Crippen LogP contribution >= 0.6 is 0 Å². The summed E-state index contributed by atoms with van der Waals surface area (Å²) < 4.78 is 86.8. The molecule has 2 heterocycles. The van der Waals surface area contributed by atoms with Crippen LogP contribution in [-0.2, 0) is 26.7 Å². The zero-order chi connectivity index (χ0) is 29.5. The van der Waals surface area contributed by atoms with Crippen LogP contribution in [0.25, 0.3) is 0 Å². The van der Waals surface area contributed by atoms with E-state index in [4.69, 9.17) is 4.74 Å². The van der Waals surface area contributed by atoms with Gasteiger partial charge in [-0.3, -0.25) is 14.5 Å². The summed E-state index contributed by atoms with van der Waals surface area (Å²) in [6.45, 7) is 2.65. The number of hydrogen-bond acceptors (Lipinski definition) is 6. The van der Waals surface area contributed by atoms with E-state index in [-0.39, 0.29) is 24.7 Å². The number of ether oxygens (including phenoxy) is 1. The quantitative estimate of drug-likeness (QED) is 0.365. The lowest BCUT2D eigenvalue weighted by Gasteiger charge is -2.44. The molecule has 40 heavy (non-hydrogen) atoms. The topological polar surface area (TPSA) is 107 Å². The first kappa shape index (κ1) is 28.4. The van der Waals surface area contributed by atoms with Gasteiger partial charge in [-0.1, -0.05) is 0 Å². The SMILES string of the molecule is Cc1cc([C@@H]2C[C@H]3[C@H]4C(=O)N(c5cc(C(F)(F)F)cc(C(F)(F)F)c5)C(=O)[C@H]4C[C@H](CO)[C@@]3(O)O2)cc(C)c1O. The molecule has 2 amide bonds. The minimum atomic E-state index is -5.19. The number of anilines is 1. The second-order valence-corrected chi connectivity index (χ2v) is 10.7. The van der Waals surface area contributed by atoms with Crippen molar-refractivity contribution in [1.82, 2.24) is 0 Å². The van der Waals surface area contributed by atoms with Crippen LogP contribution in [0.5, 0.6) is 5.75 Å². The third-order valence-electron chi connectivity index (χ3n) is 8.30. The lowest BCUT2D eigenvalue weighted by Crippen LogP contribution is -2.54. The van der Waals surface area contributed by atoms with E-state index in [0.29, 0.717) is 33.7 Å². The summed E-state index contributed by atoms with van der Waals surface area (Å²) in [7, 11) is 0. The second-order valence-electron chi connectivity index (χ2n) is 10.7. The molecule has 3 N–H and O–H groups in total. The molecule has 0 spiro atoms. The van der Waals surface area contributed by atoms with Gasteiger partial charge in [0, 0.05) is 11.8 Å². The molecule has 0 bridgehead atoms. The number of aliphatic hydroxyl groups is 2. The average Bonchev–Trinajstić information content (AvgIpc) is 3.34. The maximum Gasteiger partial charge on any atom is 0.416 e. The number of aromatic hydroxyl groups is 1. The van der Waals surface area contributed by atoms with E-state index in [9.17, 15) is 51.3 Å². The molecule has 1 aliphatic carbocycles. The number of phenolic OH excluding ortho intramolecular Hbond substituents is 1. The summed E-state index contributed by atoms with van der Waals surface area (Å²) >= 11 is 0. The first-order valence-electron chi connectivity index (χ1n) is 12.5. The first-order valence-corrected chi connectivity index (χ1v) is 12.5. The normalized spacial score (nSPS) is 30.6. The molecule has 0 radical (unpaired) electrons. The minimum absolute atomic E-state index is 0.0267. The third-order valence-corrected chi connectivity index (χ3v) is 8.30. The van der Waals surface area contributed by atoms with Crippen LogP contribution in [0.1, 0.15) is 46.8 Å². The standard InChI is InChI=1S/C27H25F6NO6/c1-11-3-13(4-12(2)22(11)36)20-9-19-21-18(8-16(10-35)25(19,39)40-20)23(37)34(24(21)38)17-6-14(26(28,29)30)5-15(7-17)27(31,32)33/h3-7,16,18-21,35-36,39H,8-10H2,1-2H3/t16-,18+,19+,20+,21+,25-/m1/s1. The predicted molar refractivity (Wildman–Crippen MR) is 126 cm³/mol. The van der Waals surface area contributed by atoms with Crippen molar-refractivity contribution >= 4 is 17.5 Å². The Labute approximate surface area is 224 Å². The van der Waals surface area contributed by atoms with Crippen molar-refractivity contribution in [3.8, 4) is 5.75 Å². The highest BCUT2D eigenvalue weighted by molar-refractivity contribution is 6.22. The van der Waals surface area contributed by atoms with Crippen molar-refractivity contribution in [2.24, 2.45) is 23.7 Å². The Morgan fingerprint density at radius 3 is 1.98 bits per heavy atom. The molecule has 2 saturated heterocycles. The van der Waals surface area contributed by atoms with Gasteiger partial charge in [-0.15, -0.1) is 0 Å². The number of alkyl halides is 6. The van der Waals surface area contributed by atoms with E-state index < -0.39 is 83.2 Å². The molecule has 5 rings (SSSR count). The smallest absolute Gasteiger partial charge is 0.416 e. The van der Waals surface area contributed by atoms with Gasteiger partial charge in [0.25, 0.3) is 0 Å². The summed E-state index contributed by atoms with van der Waals surface area (Å²) in [4.78, 5) is 27.4. The maximum atomic E-state index is 13.6. The first-order chi connectivity index (χ1) is 18.5. The number of phenols is 1. The van der Waals surface area contributed by atoms with Crippen LogP contribution in [0.3, 0.4) is 0 Å². The zero-order valence-corrected chi connectivity index (χ0v) is 21.2. The molecule has 2 aromatic carbocycles. The van der Waals surface area contributed by atoms with E-state index in [1.807, 2.05) is 0 Å². The van der Waals surface area contributed by atoms with Gasteiger partial charge in [-0.25, -0.2) is 0 Å². The van der Waals surface area contributed by atoms with Crippen LogP contribution < -0.4 is 4.90 Å². The van der Waals surface area contributed by atoms with Gasteiger partial charge in [-0.05, 0) is 73.7 Å². The molecule has 3 aliphatic rings. The van der Waals surface area contributed by atoms with Gasteiger partial charge in [0.05, 0.1) is 41.4 Å². The van der Waals surface area contributed by atoms with Crippen LogP contribution in [0.4, 0.5) is 32.0 Å². The second kappa shape index (κ2) is 9.18. The van der Waals surface area contributed by atoms with Crippen LogP contribution in [0, 0.1) is 37.5 Å². The Morgan fingerprint density at radius 1 is 0.925 bits per heavy atom. The number of aliphatic hydroxyl groups excluding tert-OH is 1. The molecule has 3 fully saturated rings. The van der Waals surface area contributed by atoms with Crippen molar-refractivity contribution in [1.29, 1.82) is 0 Å². The fourth-order valence-electron chi connectivity index (χ4n) is 6.40. The third kappa shape index (κ3) is 4.34. The molecule has 7 nitrogen and oxygen atoms in total. The van der Waals surface area contributed by atoms with Crippen LogP contribution in [0.15, 0.2) is 30.3 Å². The van der Waals surface area contributed by atoms with Gasteiger partial charge in [0.2, 0.25) is 11.8 Å². The average molecular weight is 573 g/mol. The largest absolute Gasteiger partial charge is 0.507 e. The number of imide groups is 1. The van der Waals surface area contributed by atoms with Crippen molar-refractivity contribution in [2.45, 2.75) is 50.9 Å². The number of halogens is 6. The van der Waals surface area contributed by atoms with Crippen molar-refractivity contribution in [2.75, 3.05) is 11.5 Å². The Morgan fingerprint density at radius 2 is 1.48 bits per heavy atom. The summed E-state index contributed by atoms with van der Waals surface area (Å²) in [5.41, 5.74) is -2.67. The number of aryl methyl sites for hydroxylation is 2. The molecule has 6 atom stereocenters. The summed E-state index contributed by atoms with van der Waals surface area (Å²) in [5.74, 6) is -8.79. The van der Waals surface area contributed by atoms with Gasteiger partial charge < -0.3 is 20.1 Å². The molecule has 2 aromatic rings. The Kier molecular flexibility index (Phi) is 6.51. The van der Waals surface area contributed by atoms with E-state index in [2.05, 4.69) is 0 Å². The molecule has 13 heteroatoms. The van der Waals surface area contributed by atoms with Gasteiger partial charge in [-0.2, -0.15) is 26.3 Å². The number of carbonyl (C=O) groups is 2. The number of hydrogen-bond donors (Lipinski definition) is 3. The Balaban J connectivity index is 1.56. The van der Waals surface area contributed by atoms with E-state index >= 15 is 0 Å². The van der Waals surface area contributed by atoms with Crippen molar-refractivity contribution in [3.05, 3.63) is 58.1 Å². The van der Waals surface area contributed by atoms with Crippen LogP contribution in [0.2, 0.25) is 0 Å². The van der Waals surface area contributed by atoms with E-state index in [0.717, 1.165) is 0 Å². The molecule has 216 valence electrons. The highest BCUT2D eigenvalue weighted by Crippen LogP contribution is 2.58. The number of carbonyl (C=O) groups excluding carboxylic acids is 2. The fraction of sp³-hybridized carbons (Fsp3) is 0.481. The maximum absolute atomic E-state index is 13.6. The number of fused-ring (bicyclic) bond motifs is 3. The van der Waals surface area contributed by atoms with Gasteiger partial charge in [0.1, 0.15) is 5.75 Å². The van der Waals surface area contributed by atoms with E-state index in [1.165, 1.54) is 0 Å². The highest BCUT2D eigenvalue weighted by Gasteiger charge is 2.67. The molecular formula is C27H25F6NO6. The van der Waals surface area contributed by atoms with E-state index in [1.54, 1.807) is 26.0 Å². The summed E-state index contributed by atoms with van der Waals surface area (Å²) in [6.07, 6.45) is -11.5. The summed E-state index contributed by atoms with van der Waals surface area (Å²) in [6, 6.07) is 3.77. The molecule has 1 saturated carbocycles. The number of benzene rings is 2. The molecule has 0 unspecified atom stereocenters. The number of amides is 2. The fourth-order valence-corrected chi connectivity index (χ4v) is 6.40. The Bertz CT molecular complexity index is 1340. The molecular weight excluding hydrogens is 548 g/mol.